The number of ketones is 1. The average Bonchev–Trinajstić information content (AvgIpc) is 3.13. The SMILES string of the molecule is COc1ccc([C@H]2C3=C(CC(C)(C)CC3=O)Nc3nc4ccccc4n32)c(OC)c1OC. The Morgan fingerprint density at radius 3 is 2.47 bits per heavy atom. The molecule has 0 amide bonds. The number of nitrogens with zero attached hydrogens (tertiary/aromatic N) is 2. The molecule has 0 saturated heterocycles. The van der Waals surface area contributed by atoms with E-state index in [-0.39, 0.29) is 11.2 Å². The zero-order valence-electron chi connectivity index (χ0n) is 19.0. The number of allylic oxidation sites excluding steroid dienone is 2. The zero-order valence-corrected chi connectivity index (χ0v) is 19.0. The standard InChI is InChI=1S/C25H27N3O4/c1-25(2)12-16-20(18(29)13-25)21(14-10-11-19(30-3)23(32-5)22(14)31-4)28-17-9-7-6-8-15(17)26-24(28)27-16/h6-11,21H,12-13H2,1-5H3,(H,26,27)/t21-/m0/s1. The second kappa shape index (κ2) is 7.29. The second-order valence-corrected chi connectivity index (χ2v) is 9.08. The molecule has 1 atom stereocenters. The molecule has 32 heavy (non-hydrogen) atoms. The molecule has 2 aliphatic rings. The molecule has 0 radical (unpaired) electrons. The fourth-order valence-corrected chi connectivity index (χ4v) is 5.06. The third-order valence-corrected chi connectivity index (χ3v) is 6.34. The van der Waals surface area contributed by atoms with Gasteiger partial charge in [-0.2, -0.15) is 0 Å². The molecule has 3 aromatic rings. The summed E-state index contributed by atoms with van der Waals surface area (Å²) in [5, 5.41) is 3.48. The lowest BCUT2D eigenvalue weighted by Gasteiger charge is -2.39. The minimum atomic E-state index is -0.396. The van der Waals surface area contributed by atoms with Gasteiger partial charge in [-0.1, -0.05) is 26.0 Å². The van der Waals surface area contributed by atoms with E-state index in [2.05, 4.69) is 23.7 Å². The molecule has 7 nitrogen and oxygen atoms in total. The Hall–Kier alpha value is -3.48. The van der Waals surface area contributed by atoms with Crippen LogP contribution in [0, 0.1) is 5.41 Å². The quantitative estimate of drug-likeness (QED) is 0.642. The van der Waals surface area contributed by atoms with Gasteiger partial charge in [0.2, 0.25) is 11.7 Å². The summed E-state index contributed by atoms with van der Waals surface area (Å²) in [5.74, 6) is 2.48. The van der Waals surface area contributed by atoms with Crippen LogP contribution in [0.2, 0.25) is 0 Å². The smallest absolute Gasteiger partial charge is 0.209 e. The lowest BCUT2D eigenvalue weighted by atomic mass is 9.73. The van der Waals surface area contributed by atoms with E-state index < -0.39 is 6.04 Å². The van der Waals surface area contributed by atoms with E-state index in [9.17, 15) is 4.79 Å². The van der Waals surface area contributed by atoms with Gasteiger partial charge in [-0.15, -0.1) is 0 Å². The van der Waals surface area contributed by atoms with Gasteiger partial charge >= 0.3 is 0 Å². The molecule has 1 aliphatic heterocycles. The van der Waals surface area contributed by atoms with Gasteiger partial charge in [0.15, 0.2) is 17.3 Å². The van der Waals surface area contributed by atoms with Crippen LogP contribution in [0.25, 0.3) is 11.0 Å². The van der Waals surface area contributed by atoms with Crippen LogP contribution in [0.15, 0.2) is 47.7 Å². The van der Waals surface area contributed by atoms with E-state index in [1.54, 1.807) is 21.3 Å². The predicted molar refractivity (Wildman–Crippen MR) is 123 cm³/mol. The minimum absolute atomic E-state index is 0.122. The summed E-state index contributed by atoms with van der Waals surface area (Å²) in [7, 11) is 4.79. The Labute approximate surface area is 187 Å². The normalized spacial score (nSPS) is 19.3. The van der Waals surface area contributed by atoms with Crippen LogP contribution in [0.5, 0.6) is 17.2 Å². The van der Waals surface area contributed by atoms with Crippen molar-refractivity contribution in [1.29, 1.82) is 0 Å². The Kier molecular flexibility index (Phi) is 4.65. The van der Waals surface area contributed by atoms with Gasteiger partial charge < -0.3 is 19.5 Å². The van der Waals surface area contributed by atoms with Crippen LogP contribution in [0.4, 0.5) is 5.95 Å². The van der Waals surface area contributed by atoms with E-state index in [4.69, 9.17) is 19.2 Å². The molecule has 0 unspecified atom stereocenters. The molecule has 0 saturated carbocycles. The number of imidazole rings is 1. The lowest BCUT2D eigenvalue weighted by molar-refractivity contribution is -0.118. The summed E-state index contributed by atoms with van der Waals surface area (Å²) in [4.78, 5) is 18.4. The topological polar surface area (TPSA) is 74.6 Å². The summed E-state index contributed by atoms with van der Waals surface area (Å²) in [6, 6.07) is 11.4. The van der Waals surface area contributed by atoms with Crippen molar-refractivity contribution < 1.29 is 19.0 Å². The Balaban J connectivity index is 1.83. The summed E-state index contributed by atoms with van der Waals surface area (Å²) < 4.78 is 19.1. The van der Waals surface area contributed by atoms with Crippen molar-refractivity contribution in [2.45, 2.75) is 32.7 Å². The van der Waals surface area contributed by atoms with Crippen molar-refractivity contribution >= 4 is 22.8 Å². The van der Waals surface area contributed by atoms with E-state index in [0.717, 1.165) is 40.2 Å². The maximum absolute atomic E-state index is 13.5. The fourth-order valence-electron chi connectivity index (χ4n) is 5.06. The molecule has 2 aromatic carbocycles. The number of carbonyl (C=O) groups is 1. The van der Waals surface area contributed by atoms with Crippen LogP contribution in [-0.4, -0.2) is 36.7 Å². The molecule has 7 heteroatoms. The maximum atomic E-state index is 13.5. The zero-order chi connectivity index (χ0) is 22.6. The predicted octanol–water partition coefficient (Wildman–Crippen LogP) is 4.72. The molecule has 2 heterocycles. The second-order valence-electron chi connectivity index (χ2n) is 9.08. The van der Waals surface area contributed by atoms with Crippen molar-refractivity contribution in [2.24, 2.45) is 5.41 Å². The monoisotopic (exact) mass is 433 g/mol. The van der Waals surface area contributed by atoms with Gasteiger partial charge in [0.1, 0.15) is 0 Å². The Morgan fingerprint density at radius 2 is 1.75 bits per heavy atom. The van der Waals surface area contributed by atoms with Crippen LogP contribution >= 0.6 is 0 Å². The van der Waals surface area contributed by atoms with E-state index >= 15 is 0 Å². The third kappa shape index (κ3) is 2.95. The van der Waals surface area contributed by atoms with Gasteiger partial charge in [-0.25, -0.2) is 4.98 Å². The van der Waals surface area contributed by atoms with E-state index in [1.165, 1.54) is 0 Å². The highest BCUT2D eigenvalue weighted by Crippen LogP contribution is 2.51. The van der Waals surface area contributed by atoms with E-state index in [1.807, 2.05) is 36.4 Å². The first-order valence-corrected chi connectivity index (χ1v) is 10.7. The third-order valence-electron chi connectivity index (χ3n) is 6.34. The van der Waals surface area contributed by atoms with Crippen molar-refractivity contribution in [3.63, 3.8) is 0 Å². The Morgan fingerprint density at radius 1 is 1.00 bits per heavy atom. The van der Waals surface area contributed by atoms with Gasteiger partial charge in [0.25, 0.3) is 0 Å². The summed E-state index contributed by atoms with van der Waals surface area (Å²) in [5.41, 5.74) is 4.20. The number of rotatable bonds is 4. The van der Waals surface area contributed by atoms with Gasteiger partial charge in [-0.05, 0) is 36.1 Å². The highest BCUT2D eigenvalue weighted by molar-refractivity contribution is 6.01. The molecule has 0 spiro atoms. The average molecular weight is 434 g/mol. The number of ether oxygens (including phenoxy) is 3. The number of hydrogen-bond donors (Lipinski definition) is 1. The van der Waals surface area contributed by atoms with Gasteiger partial charge in [-0.3, -0.25) is 9.36 Å². The molecule has 1 aliphatic carbocycles. The van der Waals surface area contributed by atoms with Crippen molar-refractivity contribution in [3.05, 3.63) is 53.2 Å². The first kappa shape index (κ1) is 20.4. The van der Waals surface area contributed by atoms with Gasteiger partial charge in [0.05, 0.1) is 38.4 Å². The number of benzene rings is 2. The van der Waals surface area contributed by atoms with Crippen LogP contribution in [0.3, 0.4) is 0 Å². The van der Waals surface area contributed by atoms with Crippen molar-refractivity contribution in [3.8, 4) is 17.2 Å². The number of nitrogens with one attached hydrogen (secondary N) is 1. The summed E-state index contributed by atoms with van der Waals surface area (Å²) in [6.45, 7) is 4.25. The van der Waals surface area contributed by atoms with Crippen LogP contribution in [-0.2, 0) is 4.79 Å². The maximum Gasteiger partial charge on any atom is 0.209 e. The first-order valence-electron chi connectivity index (χ1n) is 10.7. The number of carbonyl (C=O) groups excluding carboxylic acids is 1. The molecule has 0 bridgehead atoms. The first-order chi connectivity index (χ1) is 15.4. The lowest BCUT2D eigenvalue weighted by Crippen LogP contribution is -2.36. The van der Waals surface area contributed by atoms with E-state index in [0.29, 0.717) is 23.7 Å². The number of Topliss-reactive ketones (excluding diaryl/α,β-unsaturated/α-hetero) is 1. The summed E-state index contributed by atoms with van der Waals surface area (Å²) in [6.07, 6.45) is 1.25. The van der Waals surface area contributed by atoms with Crippen molar-refractivity contribution in [2.75, 3.05) is 26.6 Å². The number of fused-ring (bicyclic) bond motifs is 3. The Bertz CT molecular complexity index is 1270. The number of hydrogen-bond acceptors (Lipinski definition) is 6. The highest BCUT2D eigenvalue weighted by atomic mass is 16.5. The number of para-hydroxylation sites is 2. The molecule has 0 fully saturated rings. The van der Waals surface area contributed by atoms with Gasteiger partial charge in [0, 0.05) is 23.3 Å². The molecule has 166 valence electrons. The highest BCUT2D eigenvalue weighted by Gasteiger charge is 2.43. The largest absolute Gasteiger partial charge is 0.493 e. The number of methoxy groups -OCH3 is 3. The molecule has 5 rings (SSSR count). The fraction of sp³-hybridized carbons (Fsp3) is 0.360. The molecular weight excluding hydrogens is 406 g/mol. The molecular formula is C25H27N3O4. The molecule has 1 aromatic heterocycles. The number of anilines is 1. The summed E-state index contributed by atoms with van der Waals surface area (Å²) >= 11 is 0. The van der Waals surface area contributed by atoms with Crippen LogP contribution < -0.4 is 19.5 Å². The number of aromatic nitrogens is 2. The molecule has 1 N–H and O–H groups in total. The van der Waals surface area contributed by atoms with Crippen molar-refractivity contribution in [1.82, 2.24) is 9.55 Å². The van der Waals surface area contributed by atoms with Crippen LogP contribution in [0.1, 0.15) is 38.3 Å². The minimum Gasteiger partial charge on any atom is -0.493 e.